The first-order chi connectivity index (χ1) is 8.74. The fourth-order valence-electron chi connectivity index (χ4n) is 1.51. The van der Waals surface area contributed by atoms with Gasteiger partial charge < -0.3 is 0 Å². The molecule has 18 heavy (non-hydrogen) atoms. The quantitative estimate of drug-likeness (QED) is 0.774. The van der Waals surface area contributed by atoms with Crippen molar-refractivity contribution in [3.05, 3.63) is 41.5 Å². The summed E-state index contributed by atoms with van der Waals surface area (Å²) in [5.74, 6) is -0.722. The smallest absolute Gasteiger partial charge is 0.184 e. The molecule has 0 aliphatic heterocycles. The molecule has 7 heteroatoms. The Bertz CT molecular complexity index is 678. The topological polar surface area (TPSA) is 54.5 Å². The summed E-state index contributed by atoms with van der Waals surface area (Å²) < 4.78 is 26.4. The first-order valence-corrected chi connectivity index (χ1v) is 5.88. The Kier molecular flexibility index (Phi) is 2.60. The predicted octanol–water partition coefficient (Wildman–Crippen LogP) is 2.87. The van der Waals surface area contributed by atoms with E-state index < -0.39 is 11.6 Å². The molecular weight excluding hydrogens is 258 g/mol. The zero-order valence-electron chi connectivity index (χ0n) is 8.89. The van der Waals surface area contributed by atoms with Gasteiger partial charge in [0, 0.05) is 17.0 Å². The summed E-state index contributed by atoms with van der Waals surface area (Å²) in [7, 11) is 0. The number of thiazole rings is 1. The molecule has 0 spiro atoms. The summed E-state index contributed by atoms with van der Waals surface area (Å²) >= 11 is 1.31. The van der Waals surface area contributed by atoms with Crippen LogP contribution in [0.5, 0.6) is 0 Å². The molecule has 2 aromatic heterocycles. The maximum Gasteiger partial charge on any atom is 0.184 e. The number of rotatable bonds is 2. The molecule has 0 fully saturated rings. The van der Waals surface area contributed by atoms with Crippen LogP contribution in [0.4, 0.5) is 8.78 Å². The lowest BCUT2D eigenvalue weighted by Crippen LogP contribution is -1.87. The Morgan fingerprint density at radius 1 is 1.22 bits per heavy atom. The average Bonchev–Trinajstić information content (AvgIpc) is 2.99. The highest BCUT2D eigenvalue weighted by molar-refractivity contribution is 7.13. The van der Waals surface area contributed by atoms with E-state index in [1.165, 1.54) is 29.8 Å². The number of hydrogen-bond acceptors (Lipinski definition) is 4. The van der Waals surface area contributed by atoms with Crippen molar-refractivity contribution in [2.24, 2.45) is 0 Å². The summed E-state index contributed by atoms with van der Waals surface area (Å²) in [4.78, 5) is 8.19. The van der Waals surface area contributed by atoms with Gasteiger partial charge in [-0.05, 0) is 12.1 Å². The first-order valence-electron chi connectivity index (χ1n) is 5.01. The van der Waals surface area contributed by atoms with Gasteiger partial charge in [-0.2, -0.15) is 5.10 Å². The number of aromatic nitrogens is 4. The second kappa shape index (κ2) is 4.26. The SMILES string of the molecule is Fc1ccc(-c2csc(-c3ncn[nH]3)n2)c(F)c1. The van der Waals surface area contributed by atoms with Gasteiger partial charge in [0.1, 0.15) is 18.0 Å². The minimum Gasteiger partial charge on any atom is -0.257 e. The maximum atomic E-state index is 13.6. The number of nitrogens with zero attached hydrogens (tertiary/aromatic N) is 3. The van der Waals surface area contributed by atoms with Crippen LogP contribution in [0.25, 0.3) is 22.1 Å². The van der Waals surface area contributed by atoms with Gasteiger partial charge >= 0.3 is 0 Å². The highest BCUT2D eigenvalue weighted by Gasteiger charge is 2.12. The van der Waals surface area contributed by atoms with Crippen molar-refractivity contribution in [2.75, 3.05) is 0 Å². The van der Waals surface area contributed by atoms with Gasteiger partial charge in [-0.15, -0.1) is 11.3 Å². The normalized spacial score (nSPS) is 10.8. The van der Waals surface area contributed by atoms with E-state index in [4.69, 9.17) is 0 Å². The van der Waals surface area contributed by atoms with Gasteiger partial charge in [0.25, 0.3) is 0 Å². The molecule has 2 heterocycles. The van der Waals surface area contributed by atoms with Crippen LogP contribution in [0.15, 0.2) is 29.9 Å². The average molecular weight is 264 g/mol. The highest BCUT2D eigenvalue weighted by Crippen LogP contribution is 2.28. The molecule has 3 rings (SSSR count). The highest BCUT2D eigenvalue weighted by atomic mass is 32.1. The van der Waals surface area contributed by atoms with E-state index >= 15 is 0 Å². The molecule has 0 bridgehead atoms. The standard InChI is InChI=1S/C11H6F2N4S/c12-6-1-2-7(8(13)3-6)9-4-18-11(16-9)10-14-5-15-17-10/h1-5H,(H,14,15,17). The van der Waals surface area contributed by atoms with E-state index in [-0.39, 0.29) is 5.56 Å². The van der Waals surface area contributed by atoms with Crippen LogP contribution in [-0.2, 0) is 0 Å². The third-order valence-electron chi connectivity index (χ3n) is 2.33. The largest absolute Gasteiger partial charge is 0.257 e. The Labute approximate surface area is 104 Å². The molecule has 0 aliphatic carbocycles. The lowest BCUT2D eigenvalue weighted by Gasteiger charge is -1.98. The lowest BCUT2D eigenvalue weighted by atomic mass is 10.1. The van der Waals surface area contributed by atoms with Crippen LogP contribution < -0.4 is 0 Å². The Morgan fingerprint density at radius 2 is 2.11 bits per heavy atom. The van der Waals surface area contributed by atoms with Crippen molar-refractivity contribution in [1.82, 2.24) is 20.2 Å². The predicted molar refractivity (Wildman–Crippen MR) is 62.8 cm³/mol. The number of hydrogen-bond donors (Lipinski definition) is 1. The number of aromatic amines is 1. The van der Waals surface area contributed by atoms with Crippen molar-refractivity contribution in [2.45, 2.75) is 0 Å². The zero-order chi connectivity index (χ0) is 12.5. The molecule has 0 saturated carbocycles. The van der Waals surface area contributed by atoms with E-state index in [1.54, 1.807) is 5.38 Å². The van der Waals surface area contributed by atoms with Crippen LogP contribution in [0, 0.1) is 11.6 Å². The van der Waals surface area contributed by atoms with Gasteiger partial charge in [0.15, 0.2) is 10.8 Å². The van der Waals surface area contributed by atoms with Crippen molar-refractivity contribution >= 4 is 11.3 Å². The zero-order valence-corrected chi connectivity index (χ0v) is 9.71. The minimum atomic E-state index is -0.635. The van der Waals surface area contributed by atoms with Crippen molar-refractivity contribution in [1.29, 1.82) is 0 Å². The Balaban J connectivity index is 2.03. The molecule has 0 saturated heterocycles. The van der Waals surface area contributed by atoms with Crippen LogP contribution >= 0.6 is 11.3 Å². The van der Waals surface area contributed by atoms with E-state index in [9.17, 15) is 8.78 Å². The van der Waals surface area contributed by atoms with E-state index in [0.29, 0.717) is 16.5 Å². The second-order valence-corrected chi connectivity index (χ2v) is 4.35. The van der Waals surface area contributed by atoms with Crippen molar-refractivity contribution in [3.63, 3.8) is 0 Å². The molecule has 0 unspecified atom stereocenters. The third kappa shape index (κ3) is 1.88. The molecule has 3 aromatic rings. The molecule has 0 amide bonds. The monoisotopic (exact) mass is 264 g/mol. The van der Waals surface area contributed by atoms with E-state index in [1.807, 2.05) is 0 Å². The lowest BCUT2D eigenvalue weighted by molar-refractivity contribution is 0.585. The van der Waals surface area contributed by atoms with Gasteiger partial charge in [-0.1, -0.05) is 0 Å². The van der Waals surface area contributed by atoms with Crippen molar-refractivity contribution in [3.8, 4) is 22.1 Å². The van der Waals surface area contributed by atoms with Crippen molar-refractivity contribution < 1.29 is 8.78 Å². The fourth-order valence-corrected chi connectivity index (χ4v) is 2.28. The molecular formula is C11H6F2N4S. The molecule has 0 aliphatic rings. The summed E-state index contributed by atoms with van der Waals surface area (Å²) in [6.45, 7) is 0. The van der Waals surface area contributed by atoms with Gasteiger partial charge in [0.2, 0.25) is 0 Å². The molecule has 1 N–H and O–H groups in total. The molecule has 4 nitrogen and oxygen atoms in total. The molecule has 0 atom stereocenters. The van der Waals surface area contributed by atoms with E-state index in [2.05, 4.69) is 20.2 Å². The summed E-state index contributed by atoms with van der Waals surface area (Å²) in [6.07, 6.45) is 1.37. The van der Waals surface area contributed by atoms with Crippen LogP contribution in [0.3, 0.4) is 0 Å². The molecule has 0 radical (unpaired) electrons. The van der Waals surface area contributed by atoms with Gasteiger partial charge in [-0.25, -0.2) is 18.7 Å². The van der Waals surface area contributed by atoms with E-state index in [0.717, 1.165) is 6.07 Å². The fraction of sp³-hybridized carbons (Fsp3) is 0. The number of H-pyrrole nitrogens is 1. The number of benzene rings is 1. The van der Waals surface area contributed by atoms with Gasteiger partial charge in [0.05, 0.1) is 5.69 Å². The molecule has 90 valence electrons. The maximum absolute atomic E-state index is 13.6. The van der Waals surface area contributed by atoms with Crippen LogP contribution in [0.1, 0.15) is 0 Å². The number of halogens is 2. The molecule has 1 aromatic carbocycles. The third-order valence-corrected chi connectivity index (χ3v) is 3.18. The number of nitrogens with one attached hydrogen (secondary N) is 1. The second-order valence-electron chi connectivity index (χ2n) is 3.50. The minimum absolute atomic E-state index is 0.262. The van der Waals surface area contributed by atoms with Crippen LogP contribution in [0.2, 0.25) is 0 Å². The Hall–Kier alpha value is -2.15. The van der Waals surface area contributed by atoms with Crippen LogP contribution in [-0.4, -0.2) is 20.2 Å². The first kappa shape index (κ1) is 11.0. The summed E-state index contributed by atoms with van der Waals surface area (Å²) in [5, 5.41) is 8.68. The summed E-state index contributed by atoms with van der Waals surface area (Å²) in [5.41, 5.74) is 0.710. The Morgan fingerprint density at radius 3 is 2.83 bits per heavy atom. The van der Waals surface area contributed by atoms with Gasteiger partial charge in [-0.3, -0.25) is 5.10 Å². The summed E-state index contributed by atoms with van der Waals surface area (Å²) in [6, 6.07) is 3.40.